The standard InChI is InChI=1S/2C25H40N6O.C4H4O4/c2*1-6-10-21-19-22(28-23(26-21)25(3,4)5)30-17-15-29(16-18-30)12-8-9-13-31-14-11-20(7-2)27-24(31)32;5-3(6)1-2-4(7)8/h2*11,14,19H,6-10,12-13,15-18H2,1-5H3;1-2H,(H,5,6)(H,7,8)/b;;2-1+. The molecule has 6 rings (SSSR count). The average Bonchev–Trinajstić information content (AvgIpc) is 3.34. The molecular weight excluding hydrogens is 913 g/mol. The second-order valence-corrected chi connectivity index (χ2v) is 20.9. The number of nitrogens with one attached hydrogen (secondary N) is 2. The first-order valence-corrected chi connectivity index (χ1v) is 26.4. The summed E-state index contributed by atoms with van der Waals surface area (Å²) in [6.45, 7) is 34.0. The van der Waals surface area contributed by atoms with Crippen LogP contribution >= 0.6 is 0 Å². The number of carboxylic acid groups (broad SMARTS) is 2. The van der Waals surface area contributed by atoms with Crippen LogP contribution in [0.5, 0.6) is 0 Å². The summed E-state index contributed by atoms with van der Waals surface area (Å²) in [6, 6.07) is 8.30. The van der Waals surface area contributed by atoms with Gasteiger partial charge in [0.1, 0.15) is 23.3 Å². The van der Waals surface area contributed by atoms with Gasteiger partial charge in [-0.2, -0.15) is 9.97 Å². The van der Waals surface area contributed by atoms with Crippen molar-refractivity contribution >= 4 is 23.6 Å². The smallest absolute Gasteiger partial charge is 0.347 e. The topological polar surface area (TPSA) is 217 Å². The van der Waals surface area contributed by atoms with Gasteiger partial charge in [-0.3, -0.25) is 9.13 Å². The third-order valence-corrected chi connectivity index (χ3v) is 12.8. The molecule has 0 aliphatic carbocycles. The van der Waals surface area contributed by atoms with E-state index in [1.807, 2.05) is 38.4 Å². The van der Waals surface area contributed by atoms with E-state index in [9.17, 15) is 29.4 Å². The maximum atomic E-state index is 12.0. The van der Waals surface area contributed by atoms with Crippen molar-refractivity contribution in [2.24, 2.45) is 0 Å². The first-order valence-electron chi connectivity index (χ1n) is 26.4. The molecule has 6 heterocycles. The lowest BCUT2D eigenvalue weighted by Gasteiger charge is -2.33. The number of nitrogens with zero attached hydrogens (tertiary/aromatic N) is 10. The highest BCUT2D eigenvalue weighted by atomic mass is 16.4. The fourth-order valence-corrected chi connectivity index (χ4v) is 8.45. The number of carboxylic acids is 2. The largest absolute Gasteiger partial charge is 0.545 e. The van der Waals surface area contributed by atoms with Crippen LogP contribution in [0.1, 0.15) is 142 Å². The number of piperazine rings is 2. The Morgan fingerprint density at radius 1 is 0.556 bits per heavy atom. The number of aliphatic carboxylic acids is 2. The predicted molar refractivity (Wildman–Crippen MR) is 278 cm³/mol. The average molecular weight is 997 g/mol. The van der Waals surface area contributed by atoms with Crippen molar-refractivity contribution in [1.82, 2.24) is 39.0 Å². The summed E-state index contributed by atoms with van der Waals surface area (Å²) in [7, 11) is 0. The van der Waals surface area contributed by atoms with Crippen molar-refractivity contribution in [2.45, 2.75) is 157 Å². The maximum Gasteiger partial charge on any atom is 0.347 e. The molecule has 4 aromatic rings. The number of hydrogen-bond acceptors (Lipinski definition) is 14. The zero-order valence-corrected chi connectivity index (χ0v) is 45.1. The fourth-order valence-electron chi connectivity index (χ4n) is 8.45. The van der Waals surface area contributed by atoms with Crippen molar-refractivity contribution < 1.29 is 29.6 Å². The molecule has 0 bridgehead atoms. The van der Waals surface area contributed by atoms with Gasteiger partial charge in [0.25, 0.3) is 0 Å². The van der Waals surface area contributed by atoms with E-state index in [-0.39, 0.29) is 22.2 Å². The lowest BCUT2D eigenvalue weighted by Crippen LogP contribution is -3.14. The highest BCUT2D eigenvalue weighted by Gasteiger charge is 2.26. The van der Waals surface area contributed by atoms with Crippen LogP contribution in [-0.2, 0) is 59.2 Å². The molecule has 72 heavy (non-hydrogen) atoms. The summed E-state index contributed by atoms with van der Waals surface area (Å²) in [5.74, 6) is 0.989. The number of carbonyl (C=O) groups is 2. The monoisotopic (exact) mass is 997 g/mol. The van der Waals surface area contributed by atoms with E-state index in [1.54, 1.807) is 18.9 Å². The second kappa shape index (κ2) is 29.0. The SMILES string of the molecule is CCCc1cc(N2CC[NH+](CCCCn3ccc(CC)nc3=O)CC2)nc(C(C)(C)C)n1.CCCc1cc(N2CC[NH+](CCCCn3ccc(CC)nc3=O)CC2)nc(C(C)(C)C)n1.O=C([O-])/C=C/C(=O)[O-]. The molecule has 2 N–H and O–H groups in total. The minimum absolute atomic E-state index is 0.0417. The Morgan fingerprint density at radius 2 is 0.917 bits per heavy atom. The Hall–Kier alpha value is -5.88. The van der Waals surface area contributed by atoms with Crippen molar-refractivity contribution in [3.8, 4) is 0 Å². The van der Waals surface area contributed by atoms with Gasteiger partial charge >= 0.3 is 11.4 Å². The zero-order chi connectivity index (χ0) is 52.8. The molecule has 4 aromatic heterocycles. The van der Waals surface area contributed by atoms with Gasteiger partial charge in [0, 0.05) is 71.2 Å². The van der Waals surface area contributed by atoms with Crippen molar-refractivity contribution in [3.63, 3.8) is 0 Å². The molecule has 396 valence electrons. The predicted octanol–water partition coefficient (Wildman–Crippen LogP) is 1.10. The van der Waals surface area contributed by atoms with E-state index in [2.05, 4.69) is 87.3 Å². The van der Waals surface area contributed by atoms with Crippen LogP contribution in [0.4, 0.5) is 11.6 Å². The van der Waals surface area contributed by atoms with Gasteiger partial charge in [0.15, 0.2) is 0 Å². The normalized spacial score (nSPS) is 14.7. The number of quaternary nitrogens is 2. The van der Waals surface area contributed by atoms with Crippen LogP contribution in [0.15, 0.2) is 58.4 Å². The molecule has 0 unspecified atom stereocenters. The van der Waals surface area contributed by atoms with Gasteiger partial charge in [-0.1, -0.05) is 82.1 Å². The van der Waals surface area contributed by atoms with Gasteiger partial charge in [-0.05, 0) is 75.7 Å². The Balaban J connectivity index is 0.000000271. The number of rotatable bonds is 20. The van der Waals surface area contributed by atoms with E-state index >= 15 is 0 Å². The minimum Gasteiger partial charge on any atom is -0.545 e. The third-order valence-electron chi connectivity index (χ3n) is 12.8. The van der Waals surface area contributed by atoms with E-state index < -0.39 is 11.9 Å². The first kappa shape index (κ1) is 58.7. The summed E-state index contributed by atoms with van der Waals surface area (Å²) < 4.78 is 3.48. The van der Waals surface area contributed by atoms with Gasteiger partial charge < -0.3 is 39.4 Å². The molecule has 0 atom stereocenters. The Morgan fingerprint density at radius 3 is 1.21 bits per heavy atom. The van der Waals surface area contributed by atoms with Crippen LogP contribution < -0.4 is 41.2 Å². The number of anilines is 2. The lowest BCUT2D eigenvalue weighted by molar-refractivity contribution is -0.900. The fraction of sp³-hybridized carbons (Fsp3) is 0.630. The van der Waals surface area contributed by atoms with Gasteiger partial charge in [0.05, 0.1) is 77.4 Å². The number of hydrogen-bond donors (Lipinski definition) is 2. The van der Waals surface area contributed by atoms with Crippen LogP contribution in [0.3, 0.4) is 0 Å². The van der Waals surface area contributed by atoms with E-state index in [0.29, 0.717) is 12.2 Å². The molecule has 2 fully saturated rings. The molecule has 0 spiro atoms. The van der Waals surface area contributed by atoms with Crippen molar-refractivity contribution in [3.05, 3.63) is 104 Å². The summed E-state index contributed by atoms with van der Waals surface area (Å²) in [4.78, 5) is 78.8. The summed E-state index contributed by atoms with van der Waals surface area (Å²) in [5, 5.41) is 18.8. The summed E-state index contributed by atoms with van der Waals surface area (Å²) in [5.41, 5.74) is 3.74. The zero-order valence-electron chi connectivity index (χ0n) is 45.1. The summed E-state index contributed by atoms with van der Waals surface area (Å²) >= 11 is 0. The van der Waals surface area contributed by atoms with Crippen molar-refractivity contribution in [2.75, 3.05) is 75.2 Å². The quantitative estimate of drug-likeness (QED) is 0.0938. The Labute approximate surface area is 427 Å². The van der Waals surface area contributed by atoms with Crippen LogP contribution in [-0.4, -0.2) is 116 Å². The number of unbranched alkanes of at least 4 members (excludes halogenated alkanes) is 2. The Bertz CT molecular complexity index is 2290. The third kappa shape index (κ3) is 20.0. The molecule has 0 aromatic carbocycles. The lowest BCUT2D eigenvalue weighted by atomic mass is 9.95. The molecule has 2 aliphatic heterocycles. The molecule has 0 saturated carbocycles. The number of aromatic nitrogens is 8. The minimum atomic E-state index is -1.55. The Kier molecular flexibility index (Phi) is 23.6. The van der Waals surface area contributed by atoms with Crippen LogP contribution in [0, 0.1) is 0 Å². The molecule has 2 saturated heterocycles. The van der Waals surface area contributed by atoms with Crippen LogP contribution in [0.2, 0.25) is 0 Å². The summed E-state index contributed by atoms with van der Waals surface area (Å²) in [6.07, 6.45) is 14.6. The molecule has 2 aliphatic rings. The van der Waals surface area contributed by atoms with Gasteiger partial charge in [-0.15, -0.1) is 0 Å². The number of aryl methyl sites for hydroxylation is 6. The maximum absolute atomic E-state index is 12.0. The second-order valence-electron chi connectivity index (χ2n) is 20.9. The highest BCUT2D eigenvalue weighted by molar-refractivity contribution is 5.87. The van der Waals surface area contributed by atoms with Gasteiger partial charge in [-0.25, -0.2) is 29.5 Å². The van der Waals surface area contributed by atoms with E-state index in [0.717, 1.165) is 189 Å². The number of carbonyl (C=O) groups excluding carboxylic acids is 2. The van der Waals surface area contributed by atoms with E-state index in [4.69, 9.17) is 19.9 Å². The molecular formula is C54H84N12O6. The molecule has 0 radical (unpaired) electrons. The molecule has 18 heteroatoms. The molecule has 0 amide bonds. The molecule has 18 nitrogen and oxygen atoms in total. The van der Waals surface area contributed by atoms with Crippen molar-refractivity contribution in [1.29, 1.82) is 0 Å². The van der Waals surface area contributed by atoms with Gasteiger partial charge in [0.2, 0.25) is 0 Å². The van der Waals surface area contributed by atoms with E-state index in [1.165, 1.54) is 0 Å². The highest BCUT2D eigenvalue weighted by Crippen LogP contribution is 2.24. The first-order chi connectivity index (χ1) is 34.2. The van der Waals surface area contributed by atoms with Crippen LogP contribution in [0.25, 0.3) is 0 Å².